The summed E-state index contributed by atoms with van der Waals surface area (Å²) in [6.45, 7) is 10.1. The van der Waals surface area contributed by atoms with Gasteiger partial charge >= 0.3 is 0 Å². The number of rotatable bonds is 3. The third kappa shape index (κ3) is 2.06. The van der Waals surface area contributed by atoms with Crippen molar-refractivity contribution in [2.75, 3.05) is 11.9 Å². The molecular formula is C17H25NO. The van der Waals surface area contributed by atoms with Gasteiger partial charge in [0.2, 0.25) is 0 Å². The van der Waals surface area contributed by atoms with E-state index in [1.165, 1.54) is 17.7 Å². The first-order chi connectivity index (χ1) is 9.00. The van der Waals surface area contributed by atoms with Crippen molar-refractivity contribution in [3.63, 3.8) is 0 Å². The van der Waals surface area contributed by atoms with Crippen molar-refractivity contribution in [2.24, 2.45) is 11.3 Å². The van der Waals surface area contributed by atoms with Gasteiger partial charge in [-0.1, -0.05) is 39.8 Å². The lowest BCUT2D eigenvalue weighted by molar-refractivity contribution is -0.0923. The minimum Gasteiger partial charge on any atom is -0.381 e. The van der Waals surface area contributed by atoms with Gasteiger partial charge in [0.25, 0.3) is 0 Å². The number of hydrogen-bond donors (Lipinski definition) is 1. The summed E-state index contributed by atoms with van der Waals surface area (Å²) in [6, 6.07) is 9.40. The second kappa shape index (κ2) is 4.52. The maximum Gasteiger partial charge on any atom is 0.0694 e. The van der Waals surface area contributed by atoms with Crippen molar-refractivity contribution in [3.8, 4) is 0 Å². The number of hydrogen-bond acceptors (Lipinski definition) is 2. The molecule has 1 aromatic rings. The molecule has 0 aromatic heterocycles. The van der Waals surface area contributed by atoms with Crippen LogP contribution in [0.15, 0.2) is 24.3 Å². The standard InChI is InChI=1S/C17H25NO/c1-11(2)12-6-5-7-13(10-12)18-15-14-8-9-19-16(14)17(15,3)4/h5-7,10-11,14-16,18H,8-9H2,1-4H3. The summed E-state index contributed by atoms with van der Waals surface area (Å²) in [5.74, 6) is 1.27. The molecule has 3 rings (SSSR count). The average Bonchev–Trinajstić information content (AvgIpc) is 2.83. The molecular weight excluding hydrogens is 234 g/mol. The maximum atomic E-state index is 5.86. The molecule has 0 bridgehead atoms. The van der Waals surface area contributed by atoms with Crippen LogP contribution in [0, 0.1) is 11.3 Å². The van der Waals surface area contributed by atoms with Crippen LogP contribution in [-0.2, 0) is 4.74 Å². The molecule has 1 aliphatic carbocycles. The molecule has 3 atom stereocenters. The Morgan fingerprint density at radius 1 is 1.32 bits per heavy atom. The minimum atomic E-state index is 0.245. The Morgan fingerprint density at radius 2 is 2.11 bits per heavy atom. The molecule has 2 nitrogen and oxygen atoms in total. The van der Waals surface area contributed by atoms with Crippen molar-refractivity contribution >= 4 is 5.69 Å². The van der Waals surface area contributed by atoms with Crippen molar-refractivity contribution in [2.45, 2.75) is 52.2 Å². The highest BCUT2D eigenvalue weighted by atomic mass is 16.5. The van der Waals surface area contributed by atoms with Crippen LogP contribution in [-0.4, -0.2) is 18.8 Å². The van der Waals surface area contributed by atoms with Gasteiger partial charge < -0.3 is 10.1 Å². The molecule has 2 heteroatoms. The Balaban J connectivity index is 1.76. The van der Waals surface area contributed by atoms with Crippen LogP contribution >= 0.6 is 0 Å². The van der Waals surface area contributed by atoms with Gasteiger partial charge in [-0.15, -0.1) is 0 Å². The smallest absolute Gasteiger partial charge is 0.0694 e. The van der Waals surface area contributed by atoms with E-state index in [-0.39, 0.29) is 5.41 Å². The number of benzene rings is 1. The zero-order valence-electron chi connectivity index (χ0n) is 12.4. The minimum absolute atomic E-state index is 0.245. The highest BCUT2D eigenvalue weighted by Gasteiger charge is 2.59. The monoisotopic (exact) mass is 259 g/mol. The molecule has 3 unspecified atom stereocenters. The first-order valence-electron chi connectivity index (χ1n) is 7.48. The molecule has 2 fully saturated rings. The van der Waals surface area contributed by atoms with E-state index in [1.54, 1.807) is 0 Å². The number of fused-ring (bicyclic) bond motifs is 1. The third-order valence-corrected chi connectivity index (χ3v) is 4.98. The first-order valence-corrected chi connectivity index (χ1v) is 7.48. The maximum absolute atomic E-state index is 5.86. The van der Waals surface area contributed by atoms with Gasteiger partial charge in [0.1, 0.15) is 0 Å². The molecule has 1 aliphatic heterocycles. The fourth-order valence-electron chi connectivity index (χ4n) is 3.78. The van der Waals surface area contributed by atoms with Gasteiger partial charge in [-0.2, -0.15) is 0 Å². The summed E-state index contributed by atoms with van der Waals surface area (Å²) in [6.07, 6.45) is 1.66. The van der Waals surface area contributed by atoms with Gasteiger partial charge in [0, 0.05) is 29.7 Å². The quantitative estimate of drug-likeness (QED) is 0.884. The molecule has 0 radical (unpaired) electrons. The molecule has 1 saturated carbocycles. The number of ether oxygens (including phenoxy) is 1. The molecule has 104 valence electrons. The van der Waals surface area contributed by atoms with Crippen molar-refractivity contribution in [1.29, 1.82) is 0 Å². The van der Waals surface area contributed by atoms with E-state index in [0.29, 0.717) is 24.0 Å². The van der Waals surface area contributed by atoms with Crippen LogP contribution in [0.5, 0.6) is 0 Å². The topological polar surface area (TPSA) is 21.3 Å². The highest BCUT2D eigenvalue weighted by Crippen LogP contribution is 2.53. The lowest BCUT2D eigenvalue weighted by atomic mass is 9.57. The summed E-state index contributed by atoms with van der Waals surface area (Å²) in [5, 5.41) is 3.76. The largest absolute Gasteiger partial charge is 0.381 e. The van der Waals surface area contributed by atoms with Crippen LogP contribution in [0.2, 0.25) is 0 Å². The normalized spacial score (nSPS) is 31.9. The van der Waals surface area contributed by atoms with E-state index in [9.17, 15) is 0 Å². The van der Waals surface area contributed by atoms with Gasteiger partial charge in [-0.05, 0) is 30.0 Å². The summed E-state index contributed by atoms with van der Waals surface area (Å²) >= 11 is 0. The van der Waals surface area contributed by atoms with Crippen LogP contribution in [0.3, 0.4) is 0 Å². The van der Waals surface area contributed by atoms with Crippen molar-refractivity contribution in [1.82, 2.24) is 0 Å². The molecule has 2 aliphatic rings. The Morgan fingerprint density at radius 3 is 2.84 bits per heavy atom. The first kappa shape index (κ1) is 13.0. The Bertz CT molecular complexity index is 466. The highest BCUT2D eigenvalue weighted by molar-refractivity contribution is 5.49. The Hall–Kier alpha value is -1.02. The second-order valence-corrected chi connectivity index (χ2v) is 6.97. The second-order valence-electron chi connectivity index (χ2n) is 6.97. The lowest BCUT2D eigenvalue weighted by Gasteiger charge is -2.55. The van der Waals surface area contributed by atoms with Crippen LogP contribution < -0.4 is 5.32 Å². The van der Waals surface area contributed by atoms with E-state index in [1.807, 2.05) is 0 Å². The predicted octanol–water partition coefficient (Wildman–Crippen LogP) is 4.04. The molecule has 0 spiro atoms. The van der Waals surface area contributed by atoms with Gasteiger partial charge in [-0.25, -0.2) is 0 Å². The summed E-state index contributed by atoms with van der Waals surface area (Å²) < 4.78 is 5.86. The third-order valence-electron chi connectivity index (χ3n) is 4.98. The Labute approximate surface area is 116 Å². The van der Waals surface area contributed by atoms with Crippen molar-refractivity contribution < 1.29 is 4.74 Å². The van der Waals surface area contributed by atoms with Crippen LogP contribution in [0.25, 0.3) is 0 Å². The molecule has 1 aromatic carbocycles. The summed E-state index contributed by atoms with van der Waals surface area (Å²) in [4.78, 5) is 0. The van der Waals surface area contributed by atoms with Crippen LogP contribution in [0.1, 0.15) is 45.6 Å². The molecule has 19 heavy (non-hydrogen) atoms. The fraction of sp³-hybridized carbons (Fsp3) is 0.647. The zero-order valence-corrected chi connectivity index (χ0v) is 12.4. The van der Waals surface area contributed by atoms with E-state index in [4.69, 9.17) is 4.74 Å². The predicted molar refractivity (Wildman–Crippen MR) is 79.6 cm³/mol. The lowest BCUT2D eigenvalue weighted by Crippen LogP contribution is -2.63. The number of anilines is 1. The molecule has 1 saturated heterocycles. The molecule has 1 heterocycles. The summed E-state index contributed by atoms with van der Waals surface area (Å²) in [5.41, 5.74) is 2.91. The molecule has 0 amide bonds. The Kier molecular flexibility index (Phi) is 3.09. The average molecular weight is 259 g/mol. The van der Waals surface area contributed by atoms with E-state index in [2.05, 4.69) is 57.3 Å². The van der Waals surface area contributed by atoms with Crippen LogP contribution in [0.4, 0.5) is 5.69 Å². The SMILES string of the molecule is CC(C)c1cccc(NC2C3CCOC3C2(C)C)c1. The number of nitrogens with one attached hydrogen (secondary N) is 1. The van der Waals surface area contributed by atoms with E-state index in [0.717, 1.165) is 6.61 Å². The van der Waals surface area contributed by atoms with Gasteiger partial charge in [0.15, 0.2) is 0 Å². The molecule has 1 N–H and O–H groups in total. The summed E-state index contributed by atoms with van der Waals surface area (Å²) in [7, 11) is 0. The van der Waals surface area contributed by atoms with Gasteiger partial charge in [-0.3, -0.25) is 0 Å². The van der Waals surface area contributed by atoms with E-state index < -0.39 is 0 Å². The zero-order chi connectivity index (χ0) is 13.6. The van der Waals surface area contributed by atoms with Gasteiger partial charge in [0.05, 0.1) is 6.10 Å². The van der Waals surface area contributed by atoms with Crippen molar-refractivity contribution in [3.05, 3.63) is 29.8 Å². The fourth-order valence-corrected chi connectivity index (χ4v) is 3.78. The van der Waals surface area contributed by atoms with E-state index >= 15 is 0 Å².